The molecule has 0 heterocycles. The Morgan fingerprint density at radius 3 is 2.82 bits per heavy atom. The van der Waals surface area contributed by atoms with Crippen molar-refractivity contribution < 1.29 is 4.79 Å². The molecule has 0 saturated carbocycles. The van der Waals surface area contributed by atoms with E-state index in [4.69, 9.17) is 0 Å². The molecule has 62 valence electrons. The Bertz CT molecular complexity index is 189. The van der Waals surface area contributed by atoms with Gasteiger partial charge in [-0.1, -0.05) is 32.9 Å². The molecule has 1 rings (SSSR count). The van der Waals surface area contributed by atoms with Gasteiger partial charge in [0.2, 0.25) is 0 Å². The third-order valence-electron chi connectivity index (χ3n) is 2.26. The summed E-state index contributed by atoms with van der Waals surface area (Å²) in [5, 5.41) is 0. The number of Topliss-reactive ketones (excluding diaryl/α,β-unsaturated/α-hetero) is 1. The van der Waals surface area contributed by atoms with Crippen LogP contribution in [-0.2, 0) is 4.79 Å². The Morgan fingerprint density at radius 1 is 1.55 bits per heavy atom. The number of hydrogen-bond acceptors (Lipinski definition) is 1. The molecular weight excluding hydrogens is 136 g/mol. The molecule has 0 aromatic carbocycles. The van der Waals surface area contributed by atoms with E-state index in [2.05, 4.69) is 19.9 Å². The van der Waals surface area contributed by atoms with Crippen LogP contribution in [0.4, 0.5) is 0 Å². The zero-order chi connectivity index (χ0) is 8.48. The fourth-order valence-electron chi connectivity index (χ4n) is 1.40. The lowest BCUT2D eigenvalue weighted by Crippen LogP contribution is -2.17. The van der Waals surface area contributed by atoms with Crippen LogP contribution in [0.25, 0.3) is 0 Å². The van der Waals surface area contributed by atoms with Crippen molar-refractivity contribution in [2.75, 3.05) is 0 Å². The number of rotatable bonds is 0. The molecule has 1 aliphatic rings. The van der Waals surface area contributed by atoms with Gasteiger partial charge < -0.3 is 0 Å². The van der Waals surface area contributed by atoms with Crippen LogP contribution in [0, 0.1) is 11.3 Å². The van der Waals surface area contributed by atoms with Crippen molar-refractivity contribution in [2.45, 2.75) is 33.6 Å². The molecule has 0 radical (unpaired) electrons. The monoisotopic (exact) mass is 152 g/mol. The van der Waals surface area contributed by atoms with E-state index in [1.54, 1.807) is 0 Å². The lowest BCUT2D eigenvalue weighted by Gasteiger charge is -2.20. The average molecular weight is 152 g/mol. The molecule has 0 aliphatic heterocycles. The van der Waals surface area contributed by atoms with Gasteiger partial charge in [0.15, 0.2) is 0 Å². The van der Waals surface area contributed by atoms with Gasteiger partial charge in [0.05, 0.1) is 0 Å². The Labute approximate surface area is 68.5 Å². The van der Waals surface area contributed by atoms with Crippen LogP contribution in [0.15, 0.2) is 12.2 Å². The molecule has 0 aromatic heterocycles. The standard InChI is InChI=1S/C10H16O/c1-8-5-4-6-10(2,3)7-9(8)11/h4-5,8H,6-7H2,1-3H3/t8-/m1/s1. The van der Waals surface area contributed by atoms with Gasteiger partial charge in [0, 0.05) is 12.3 Å². The number of hydrogen-bond donors (Lipinski definition) is 0. The van der Waals surface area contributed by atoms with E-state index in [-0.39, 0.29) is 11.3 Å². The predicted molar refractivity (Wildman–Crippen MR) is 46.3 cm³/mol. The molecule has 0 aromatic rings. The Balaban J connectivity index is 2.74. The number of carbonyl (C=O) groups is 1. The highest BCUT2D eigenvalue weighted by Gasteiger charge is 2.25. The fraction of sp³-hybridized carbons (Fsp3) is 0.700. The van der Waals surface area contributed by atoms with Crippen molar-refractivity contribution >= 4 is 5.78 Å². The first-order valence-electron chi connectivity index (χ1n) is 4.21. The molecule has 1 nitrogen and oxygen atoms in total. The van der Waals surface area contributed by atoms with Crippen molar-refractivity contribution in [1.29, 1.82) is 0 Å². The number of carbonyl (C=O) groups excluding carboxylic acids is 1. The van der Waals surface area contributed by atoms with E-state index < -0.39 is 0 Å². The maximum absolute atomic E-state index is 11.4. The summed E-state index contributed by atoms with van der Waals surface area (Å²) in [5.74, 6) is 0.514. The quantitative estimate of drug-likeness (QED) is 0.487. The second-order valence-electron chi connectivity index (χ2n) is 4.23. The van der Waals surface area contributed by atoms with Gasteiger partial charge in [0.25, 0.3) is 0 Å². The van der Waals surface area contributed by atoms with Crippen molar-refractivity contribution in [1.82, 2.24) is 0 Å². The lowest BCUT2D eigenvalue weighted by molar-refractivity contribution is -0.122. The number of allylic oxidation sites excluding steroid dienone is 2. The summed E-state index contributed by atoms with van der Waals surface area (Å²) in [6, 6.07) is 0. The van der Waals surface area contributed by atoms with E-state index in [9.17, 15) is 4.79 Å². The van der Waals surface area contributed by atoms with Crippen molar-refractivity contribution in [3.63, 3.8) is 0 Å². The lowest BCUT2D eigenvalue weighted by atomic mass is 9.84. The Hall–Kier alpha value is -0.590. The largest absolute Gasteiger partial charge is 0.299 e. The van der Waals surface area contributed by atoms with Gasteiger partial charge in [-0.2, -0.15) is 0 Å². The highest BCUT2D eigenvalue weighted by molar-refractivity contribution is 5.83. The SMILES string of the molecule is C[C@@H]1C=CCC(C)(C)CC1=O. The van der Waals surface area contributed by atoms with E-state index in [0.717, 1.165) is 12.8 Å². The molecule has 1 aliphatic carbocycles. The van der Waals surface area contributed by atoms with E-state index in [1.165, 1.54) is 0 Å². The zero-order valence-electron chi connectivity index (χ0n) is 7.55. The summed E-state index contributed by atoms with van der Waals surface area (Å²) >= 11 is 0. The van der Waals surface area contributed by atoms with Crippen LogP contribution in [0.3, 0.4) is 0 Å². The Kier molecular flexibility index (Phi) is 2.17. The summed E-state index contributed by atoms with van der Waals surface area (Å²) in [5.41, 5.74) is 0.179. The van der Waals surface area contributed by atoms with Crippen LogP contribution in [0.5, 0.6) is 0 Å². The molecule has 1 atom stereocenters. The maximum atomic E-state index is 11.4. The van der Waals surface area contributed by atoms with E-state index in [0.29, 0.717) is 5.78 Å². The summed E-state index contributed by atoms with van der Waals surface area (Å²) in [6.45, 7) is 6.26. The summed E-state index contributed by atoms with van der Waals surface area (Å²) in [6.07, 6.45) is 5.91. The first-order valence-corrected chi connectivity index (χ1v) is 4.21. The van der Waals surface area contributed by atoms with Gasteiger partial charge in [-0.15, -0.1) is 0 Å². The first-order chi connectivity index (χ1) is 5.01. The normalized spacial score (nSPS) is 30.1. The third-order valence-corrected chi connectivity index (χ3v) is 2.26. The van der Waals surface area contributed by atoms with E-state index >= 15 is 0 Å². The van der Waals surface area contributed by atoms with Crippen LogP contribution >= 0.6 is 0 Å². The molecule has 0 spiro atoms. The minimum Gasteiger partial charge on any atom is -0.299 e. The van der Waals surface area contributed by atoms with Crippen LogP contribution in [0.2, 0.25) is 0 Å². The maximum Gasteiger partial charge on any atom is 0.139 e. The van der Waals surface area contributed by atoms with Crippen LogP contribution < -0.4 is 0 Å². The van der Waals surface area contributed by atoms with Gasteiger partial charge in [-0.3, -0.25) is 4.79 Å². The molecule has 0 bridgehead atoms. The minimum atomic E-state index is 0.136. The van der Waals surface area contributed by atoms with Gasteiger partial charge >= 0.3 is 0 Å². The average Bonchev–Trinajstić information content (AvgIpc) is 1.93. The summed E-state index contributed by atoms with van der Waals surface area (Å²) in [4.78, 5) is 11.4. The summed E-state index contributed by atoms with van der Waals surface area (Å²) < 4.78 is 0. The second kappa shape index (κ2) is 2.80. The molecule has 0 saturated heterocycles. The molecule has 11 heavy (non-hydrogen) atoms. The highest BCUT2D eigenvalue weighted by atomic mass is 16.1. The van der Waals surface area contributed by atoms with Crippen LogP contribution in [0.1, 0.15) is 33.6 Å². The minimum absolute atomic E-state index is 0.136. The molecule has 0 N–H and O–H groups in total. The third kappa shape index (κ3) is 2.18. The fourth-order valence-corrected chi connectivity index (χ4v) is 1.40. The molecular formula is C10H16O. The van der Waals surface area contributed by atoms with Gasteiger partial charge in [-0.25, -0.2) is 0 Å². The molecule has 1 heteroatoms. The molecule has 0 unspecified atom stereocenters. The topological polar surface area (TPSA) is 17.1 Å². The summed E-state index contributed by atoms with van der Waals surface area (Å²) in [7, 11) is 0. The van der Waals surface area contributed by atoms with Crippen molar-refractivity contribution in [3.8, 4) is 0 Å². The van der Waals surface area contributed by atoms with Crippen molar-refractivity contribution in [2.24, 2.45) is 11.3 Å². The predicted octanol–water partition coefficient (Wildman–Crippen LogP) is 2.57. The smallest absolute Gasteiger partial charge is 0.139 e. The van der Waals surface area contributed by atoms with Crippen LogP contribution in [-0.4, -0.2) is 5.78 Å². The number of ketones is 1. The molecule has 0 amide bonds. The second-order valence-corrected chi connectivity index (χ2v) is 4.23. The van der Waals surface area contributed by atoms with Gasteiger partial charge in [0.1, 0.15) is 5.78 Å². The van der Waals surface area contributed by atoms with E-state index in [1.807, 2.05) is 13.0 Å². The van der Waals surface area contributed by atoms with Crippen molar-refractivity contribution in [3.05, 3.63) is 12.2 Å². The Morgan fingerprint density at radius 2 is 2.18 bits per heavy atom. The zero-order valence-corrected chi connectivity index (χ0v) is 7.55. The molecule has 0 fully saturated rings. The first kappa shape index (κ1) is 8.51. The van der Waals surface area contributed by atoms with Gasteiger partial charge in [-0.05, 0) is 11.8 Å². The highest BCUT2D eigenvalue weighted by Crippen LogP contribution is 2.30.